The smallest absolute Gasteiger partial charge is 0.251 e. The number of amides is 1. The molecular weight excluding hydrogens is 292 g/mol. The highest BCUT2D eigenvalue weighted by molar-refractivity contribution is 7.89. The van der Waals surface area contributed by atoms with Crippen molar-refractivity contribution in [2.24, 2.45) is 0 Å². The Morgan fingerprint density at radius 1 is 1.24 bits per heavy atom. The molecule has 1 N–H and O–H groups in total. The van der Waals surface area contributed by atoms with Crippen LogP contribution in [0.1, 0.15) is 23.2 Å². The summed E-state index contributed by atoms with van der Waals surface area (Å²) in [6, 6.07) is 5.99. The molecule has 1 aromatic rings. The molecule has 0 aromatic heterocycles. The van der Waals surface area contributed by atoms with Crippen LogP contribution in [0.5, 0.6) is 0 Å². The third kappa shape index (κ3) is 3.42. The SMILES string of the molecule is CNC(=O)c1ccc(S(=O)(=O)N2CCC(OC)CC2)cc1. The zero-order valence-corrected chi connectivity index (χ0v) is 13.0. The summed E-state index contributed by atoms with van der Waals surface area (Å²) in [6.45, 7) is 0.913. The van der Waals surface area contributed by atoms with Crippen molar-refractivity contribution in [3.8, 4) is 0 Å². The van der Waals surface area contributed by atoms with Gasteiger partial charge in [0.1, 0.15) is 0 Å². The average molecular weight is 312 g/mol. The molecule has 1 aliphatic heterocycles. The molecule has 21 heavy (non-hydrogen) atoms. The number of hydrogen-bond donors (Lipinski definition) is 1. The molecule has 2 rings (SSSR count). The molecule has 0 spiro atoms. The predicted octanol–water partition coefficient (Wildman–Crippen LogP) is 0.846. The fourth-order valence-corrected chi connectivity index (χ4v) is 3.85. The van der Waals surface area contributed by atoms with Crippen LogP contribution in [0.25, 0.3) is 0 Å². The molecule has 0 aliphatic carbocycles. The quantitative estimate of drug-likeness (QED) is 0.894. The van der Waals surface area contributed by atoms with Crippen molar-refractivity contribution < 1.29 is 17.9 Å². The highest BCUT2D eigenvalue weighted by atomic mass is 32.2. The standard InChI is InChI=1S/C14H20N2O4S/c1-15-14(17)11-3-5-13(6-4-11)21(18,19)16-9-7-12(20-2)8-10-16/h3-6,12H,7-10H2,1-2H3,(H,15,17). The van der Waals surface area contributed by atoms with E-state index in [1.54, 1.807) is 7.11 Å². The van der Waals surface area contributed by atoms with E-state index in [4.69, 9.17) is 4.74 Å². The zero-order chi connectivity index (χ0) is 15.5. The van der Waals surface area contributed by atoms with Crippen LogP contribution in [0.3, 0.4) is 0 Å². The Morgan fingerprint density at radius 3 is 2.29 bits per heavy atom. The molecular formula is C14H20N2O4S. The van der Waals surface area contributed by atoms with Gasteiger partial charge in [-0.2, -0.15) is 4.31 Å². The van der Waals surface area contributed by atoms with Crippen molar-refractivity contribution in [1.29, 1.82) is 0 Å². The van der Waals surface area contributed by atoms with Gasteiger partial charge in [0.25, 0.3) is 5.91 Å². The van der Waals surface area contributed by atoms with Gasteiger partial charge in [0.15, 0.2) is 0 Å². The van der Waals surface area contributed by atoms with Crippen LogP contribution in [0.2, 0.25) is 0 Å². The molecule has 0 unspecified atom stereocenters. The Bertz CT molecular complexity index is 590. The third-order valence-corrected chi connectivity index (χ3v) is 5.63. The molecule has 1 heterocycles. The Hall–Kier alpha value is -1.44. The molecule has 0 bridgehead atoms. The van der Waals surface area contributed by atoms with Gasteiger partial charge in [-0.05, 0) is 37.1 Å². The number of sulfonamides is 1. The molecule has 0 saturated carbocycles. The van der Waals surface area contributed by atoms with Crippen LogP contribution in [0, 0.1) is 0 Å². The van der Waals surface area contributed by atoms with Crippen molar-refractivity contribution >= 4 is 15.9 Å². The number of nitrogens with one attached hydrogen (secondary N) is 1. The van der Waals surface area contributed by atoms with E-state index in [1.165, 1.54) is 35.6 Å². The van der Waals surface area contributed by atoms with E-state index in [0.29, 0.717) is 31.5 Å². The lowest BCUT2D eigenvalue weighted by Gasteiger charge is -2.30. The number of ether oxygens (including phenoxy) is 1. The molecule has 1 amide bonds. The van der Waals surface area contributed by atoms with Crippen molar-refractivity contribution in [1.82, 2.24) is 9.62 Å². The predicted molar refractivity (Wildman–Crippen MR) is 78.6 cm³/mol. The lowest BCUT2D eigenvalue weighted by atomic mass is 10.1. The molecule has 1 aliphatic rings. The number of benzene rings is 1. The van der Waals surface area contributed by atoms with Gasteiger partial charge in [0.2, 0.25) is 10.0 Å². The van der Waals surface area contributed by atoms with Crippen LogP contribution >= 0.6 is 0 Å². The van der Waals surface area contributed by atoms with Gasteiger partial charge in [-0.1, -0.05) is 0 Å². The molecule has 0 radical (unpaired) electrons. The highest BCUT2D eigenvalue weighted by Gasteiger charge is 2.29. The minimum absolute atomic E-state index is 0.132. The Balaban J connectivity index is 2.14. The number of methoxy groups -OCH3 is 1. The maximum atomic E-state index is 12.5. The normalized spacial score (nSPS) is 17.6. The van der Waals surface area contributed by atoms with Gasteiger partial charge in [0, 0.05) is 32.8 Å². The first kappa shape index (κ1) is 15.9. The molecule has 6 nitrogen and oxygen atoms in total. The highest BCUT2D eigenvalue weighted by Crippen LogP contribution is 2.22. The topological polar surface area (TPSA) is 75.7 Å². The van der Waals surface area contributed by atoms with Gasteiger partial charge in [-0.25, -0.2) is 8.42 Å². The van der Waals surface area contributed by atoms with Gasteiger partial charge in [-0.3, -0.25) is 4.79 Å². The van der Waals surface area contributed by atoms with Crippen LogP contribution in [0.15, 0.2) is 29.2 Å². The fourth-order valence-electron chi connectivity index (χ4n) is 2.38. The summed E-state index contributed by atoms with van der Waals surface area (Å²) in [4.78, 5) is 11.7. The van der Waals surface area contributed by atoms with Gasteiger partial charge in [0.05, 0.1) is 11.0 Å². The fraction of sp³-hybridized carbons (Fsp3) is 0.500. The number of rotatable bonds is 4. The maximum absolute atomic E-state index is 12.5. The minimum Gasteiger partial charge on any atom is -0.381 e. The largest absolute Gasteiger partial charge is 0.381 e. The molecule has 0 atom stereocenters. The number of carbonyl (C=O) groups is 1. The number of carbonyl (C=O) groups excluding carboxylic acids is 1. The van der Waals surface area contributed by atoms with Crippen LogP contribution in [0.4, 0.5) is 0 Å². The maximum Gasteiger partial charge on any atom is 0.251 e. The van der Waals surface area contributed by atoms with E-state index in [2.05, 4.69) is 5.32 Å². The van der Waals surface area contributed by atoms with E-state index < -0.39 is 10.0 Å². The first-order valence-corrected chi connectivity index (χ1v) is 8.28. The summed E-state index contributed by atoms with van der Waals surface area (Å²) in [7, 11) is -0.317. The Morgan fingerprint density at radius 2 is 1.81 bits per heavy atom. The minimum atomic E-state index is -3.50. The second-order valence-corrected chi connectivity index (χ2v) is 6.88. The summed E-state index contributed by atoms with van der Waals surface area (Å²) in [6.07, 6.45) is 1.53. The summed E-state index contributed by atoms with van der Waals surface area (Å²) in [5.74, 6) is -0.236. The molecule has 1 aromatic carbocycles. The lowest BCUT2D eigenvalue weighted by Crippen LogP contribution is -2.40. The van der Waals surface area contributed by atoms with E-state index >= 15 is 0 Å². The molecule has 116 valence electrons. The van der Waals surface area contributed by atoms with E-state index in [9.17, 15) is 13.2 Å². The van der Waals surface area contributed by atoms with Gasteiger partial charge in [-0.15, -0.1) is 0 Å². The van der Waals surface area contributed by atoms with Crippen molar-refractivity contribution in [3.63, 3.8) is 0 Å². The van der Waals surface area contributed by atoms with E-state index in [-0.39, 0.29) is 16.9 Å². The van der Waals surface area contributed by atoms with Crippen molar-refractivity contribution in [3.05, 3.63) is 29.8 Å². The third-order valence-electron chi connectivity index (χ3n) is 3.72. The second-order valence-electron chi connectivity index (χ2n) is 4.94. The molecule has 1 fully saturated rings. The summed E-state index contributed by atoms with van der Waals surface area (Å²) < 4.78 is 31.8. The number of nitrogens with zero attached hydrogens (tertiary/aromatic N) is 1. The first-order chi connectivity index (χ1) is 9.98. The number of hydrogen-bond acceptors (Lipinski definition) is 4. The number of piperidine rings is 1. The van der Waals surface area contributed by atoms with Crippen LogP contribution < -0.4 is 5.32 Å². The first-order valence-electron chi connectivity index (χ1n) is 6.84. The van der Waals surface area contributed by atoms with Gasteiger partial charge >= 0.3 is 0 Å². The Labute approximate surface area is 125 Å². The van der Waals surface area contributed by atoms with Gasteiger partial charge < -0.3 is 10.1 Å². The Kier molecular flexibility index (Phi) is 4.97. The van der Waals surface area contributed by atoms with Crippen LogP contribution in [-0.2, 0) is 14.8 Å². The monoisotopic (exact) mass is 312 g/mol. The average Bonchev–Trinajstić information content (AvgIpc) is 2.54. The van der Waals surface area contributed by atoms with Crippen LogP contribution in [-0.4, -0.2) is 52.0 Å². The molecule has 7 heteroatoms. The second kappa shape index (κ2) is 6.55. The van der Waals surface area contributed by atoms with Crippen molar-refractivity contribution in [2.45, 2.75) is 23.8 Å². The van der Waals surface area contributed by atoms with E-state index in [1.807, 2.05) is 0 Å². The van der Waals surface area contributed by atoms with Crippen molar-refractivity contribution in [2.75, 3.05) is 27.2 Å². The summed E-state index contributed by atoms with van der Waals surface area (Å²) in [5.41, 5.74) is 0.439. The lowest BCUT2D eigenvalue weighted by molar-refractivity contribution is 0.0604. The zero-order valence-electron chi connectivity index (χ0n) is 12.2. The van der Waals surface area contributed by atoms with E-state index in [0.717, 1.165) is 0 Å². The summed E-state index contributed by atoms with van der Waals surface area (Å²) >= 11 is 0. The molecule has 1 saturated heterocycles. The summed E-state index contributed by atoms with van der Waals surface area (Å²) in [5, 5.41) is 2.50.